The van der Waals surface area contributed by atoms with Crippen LogP contribution in [-0.2, 0) is 13.1 Å². The number of nitrogens with one attached hydrogen (secondary N) is 1. The molecule has 0 aliphatic carbocycles. The fourth-order valence-electron chi connectivity index (χ4n) is 2.45. The highest BCUT2D eigenvalue weighted by Crippen LogP contribution is 2.20. The summed E-state index contributed by atoms with van der Waals surface area (Å²) in [6.07, 6.45) is 0. The molecule has 3 nitrogen and oxygen atoms in total. The number of aromatic nitrogens is 2. The van der Waals surface area contributed by atoms with Crippen LogP contribution in [0.4, 0.5) is 0 Å². The molecule has 0 bridgehead atoms. The van der Waals surface area contributed by atoms with Crippen LogP contribution in [0.5, 0.6) is 0 Å². The van der Waals surface area contributed by atoms with Crippen molar-refractivity contribution in [1.29, 1.82) is 0 Å². The highest BCUT2D eigenvalue weighted by Gasteiger charge is 2.09. The summed E-state index contributed by atoms with van der Waals surface area (Å²) in [4.78, 5) is 0. The molecule has 0 aliphatic heterocycles. The standard InChI is InChI=1S/C17H18ClN3/c1-2-19-11-16-15-5-3-4-6-17(15)21(20-16)12-13-7-9-14(18)10-8-13/h3-10,19H,2,11-12H2,1H3. The highest BCUT2D eigenvalue weighted by atomic mass is 35.5. The Hall–Kier alpha value is -1.84. The molecule has 1 N–H and O–H groups in total. The monoisotopic (exact) mass is 299 g/mol. The summed E-state index contributed by atoms with van der Waals surface area (Å²) in [5, 5.41) is 10.1. The molecule has 0 unspecified atom stereocenters. The Kier molecular flexibility index (Phi) is 4.23. The van der Waals surface area contributed by atoms with Gasteiger partial charge in [0, 0.05) is 17.0 Å². The SMILES string of the molecule is CCNCc1nn(Cc2ccc(Cl)cc2)c2ccccc12. The summed E-state index contributed by atoms with van der Waals surface area (Å²) in [7, 11) is 0. The number of benzene rings is 2. The summed E-state index contributed by atoms with van der Waals surface area (Å²) in [6, 6.07) is 16.3. The van der Waals surface area contributed by atoms with Crippen LogP contribution in [0.1, 0.15) is 18.2 Å². The molecule has 108 valence electrons. The van der Waals surface area contributed by atoms with Crippen molar-refractivity contribution in [2.45, 2.75) is 20.0 Å². The van der Waals surface area contributed by atoms with E-state index in [9.17, 15) is 0 Å². The largest absolute Gasteiger partial charge is 0.311 e. The van der Waals surface area contributed by atoms with Gasteiger partial charge in [0.2, 0.25) is 0 Å². The Bertz CT molecular complexity index is 731. The smallest absolute Gasteiger partial charge is 0.0841 e. The first-order chi connectivity index (χ1) is 10.3. The first-order valence-corrected chi connectivity index (χ1v) is 7.55. The van der Waals surface area contributed by atoms with Crippen LogP contribution < -0.4 is 5.32 Å². The average Bonchev–Trinajstić information content (AvgIpc) is 2.86. The average molecular weight is 300 g/mol. The topological polar surface area (TPSA) is 29.9 Å². The van der Waals surface area contributed by atoms with Gasteiger partial charge in [0.1, 0.15) is 0 Å². The lowest BCUT2D eigenvalue weighted by Gasteiger charge is -2.04. The van der Waals surface area contributed by atoms with Crippen molar-refractivity contribution < 1.29 is 0 Å². The second kappa shape index (κ2) is 6.29. The van der Waals surface area contributed by atoms with E-state index in [-0.39, 0.29) is 0 Å². The van der Waals surface area contributed by atoms with Gasteiger partial charge in [-0.1, -0.05) is 48.9 Å². The minimum Gasteiger partial charge on any atom is -0.311 e. The van der Waals surface area contributed by atoms with E-state index < -0.39 is 0 Å². The molecule has 0 radical (unpaired) electrons. The van der Waals surface area contributed by atoms with Crippen LogP contribution in [0.3, 0.4) is 0 Å². The van der Waals surface area contributed by atoms with Gasteiger partial charge in [0.15, 0.2) is 0 Å². The maximum atomic E-state index is 5.94. The van der Waals surface area contributed by atoms with E-state index >= 15 is 0 Å². The van der Waals surface area contributed by atoms with E-state index in [0.29, 0.717) is 0 Å². The van der Waals surface area contributed by atoms with E-state index in [1.807, 2.05) is 24.3 Å². The summed E-state index contributed by atoms with van der Waals surface area (Å²) in [5.74, 6) is 0. The van der Waals surface area contributed by atoms with Gasteiger partial charge in [-0.15, -0.1) is 0 Å². The molecule has 1 heterocycles. The normalized spacial score (nSPS) is 11.1. The predicted octanol–water partition coefficient (Wildman–Crippen LogP) is 3.85. The van der Waals surface area contributed by atoms with Crippen LogP contribution in [0.2, 0.25) is 5.02 Å². The van der Waals surface area contributed by atoms with E-state index in [4.69, 9.17) is 16.7 Å². The molecule has 0 fully saturated rings. The zero-order chi connectivity index (χ0) is 14.7. The predicted molar refractivity (Wildman–Crippen MR) is 87.7 cm³/mol. The van der Waals surface area contributed by atoms with Crippen molar-refractivity contribution in [3.8, 4) is 0 Å². The van der Waals surface area contributed by atoms with Crippen LogP contribution >= 0.6 is 11.6 Å². The van der Waals surface area contributed by atoms with E-state index in [0.717, 1.165) is 30.4 Å². The third-order valence-electron chi connectivity index (χ3n) is 3.52. The number of hydrogen-bond donors (Lipinski definition) is 1. The van der Waals surface area contributed by atoms with Crippen LogP contribution in [0.15, 0.2) is 48.5 Å². The minimum absolute atomic E-state index is 0.754. The van der Waals surface area contributed by atoms with Gasteiger partial charge in [0.05, 0.1) is 17.8 Å². The summed E-state index contributed by atoms with van der Waals surface area (Å²) >= 11 is 5.94. The van der Waals surface area contributed by atoms with Crippen molar-refractivity contribution in [2.24, 2.45) is 0 Å². The third-order valence-corrected chi connectivity index (χ3v) is 3.77. The van der Waals surface area contributed by atoms with Crippen LogP contribution in [0.25, 0.3) is 10.9 Å². The maximum absolute atomic E-state index is 5.94. The van der Waals surface area contributed by atoms with Crippen molar-refractivity contribution in [1.82, 2.24) is 15.1 Å². The van der Waals surface area contributed by atoms with Gasteiger partial charge in [-0.2, -0.15) is 5.10 Å². The van der Waals surface area contributed by atoms with Gasteiger partial charge in [-0.3, -0.25) is 4.68 Å². The number of rotatable bonds is 5. The van der Waals surface area contributed by atoms with Crippen molar-refractivity contribution in [2.75, 3.05) is 6.54 Å². The van der Waals surface area contributed by atoms with E-state index in [1.54, 1.807) is 0 Å². The quantitative estimate of drug-likeness (QED) is 0.775. The molecular formula is C17H18ClN3. The Labute approximate surface area is 129 Å². The lowest BCUT2D eigenvalue weighted by atomic mass is 10.2. The zero-order valence-electron chi connectivity index (χ0n) is 12.0. The number of nitrogens with zero attached hydrogens (tertiary/aromatic N) is 2. The Morgan fingerprint density at radius 3 is 2.62 bits per heavy atom. The first kappa shape index (κ1) is 14.1. The number of fused-ring (bicyclic) bond motifs is 1. The second-order valence-corrected chi connectivity index (χ2v) is 5.46. The van der Waals surface area contributed by atoms with Crippen molar-refractivity contribution >= 4 is 22.5 Å². The fraction of sp³-hybridized carbons (Fsp3) is 0.235. The Morgan fingerprint density at radius 2 is 1.86 bits per heavy atom. The highest BCUT2D eigenvalue weighted by molar-refractivity contribution is 6.30. The second-order valence-electron chi connectivity index (χ2n) is 5.03. The molecule has 4 heteroatoms. The summed E-state index contributed by atoms with van der Waals surface area (Å²) in [5.41, 5.74) is 3.46. The van der Waals surface area contributed by atoms with Gasteiger partial charge < -0.3 is 5.32 Å². The lowest BCUT2D eigenvalue weighted by Crippen LogP contribution is -2.13. The van der Waals surface area contributed by atoms with Gasteiger partial charge in [0.25, 0.3) is 0 Å². The number of para-hydroxylation sites is 1. The molecule has 0 saturated heterocycles. The molecule has 0 aliphatic rings. The molecule has 3 rings (SSSR count). The number of hydrogen-bond acceptors (Lipinski definition) is 2. The summed E-state index contributed by atoms with van der Waals surface area (Å²) < 4.78 is 2.06. The molecule has 0 atom stereocenters. The summed E-state index contributed by atoms with van der Waals surface area (Å²) in [6.45, 7) is 4.60. The van der Waals surface area contributed by atoms with Gasteiger partial charge in [-0.25, -0.2) is 0 Å². The van der Waals surface area contributed by atoms with Gasteiger partial charge >= 0.3 is 0 Å². The van der Waals surface area contributed by atoms with Crippen LogP contribution in [0, 0.1) is 0 Å². The maximum Gasteiger partial charge on any atom is 0.0841 e. The molecule has 0 spiro atoms. The molecule has 2 aromatic carbocycles. The molecule has 1 aromatic heterocycles. The molecule has 21 heavy (non-hydrogen) atoms. The minimum atomic E-state index is 0.754. The Morgan fingerprint density at radius 1 is 1.10 bits per heavy atom. The zero-order valence-corrected chi connectivity index (χ0v) is 12.8. The molecule has 0 amide bonds. The first-order valence-electron chi connectivity index (χ1n) is 7.17. The van der Waals surface area contributed by atoms with Crippen LogP contribution in [-0.4, -0.2) is 16.3 Å². The molecular weight excluding hydrogens is 282 g/mol. The molecule has 3 aromatic rings. The third kappa shape index (κ3) is 3.09. The Balaban J connectivity index is 1.96. The van der Waals surface area contributed by atoms with Crippen molar-refractivity contribution in [3.63, 3.8) is 0 Å². The fourth-order valence-corrected chi connectivity index (χ4v) is 2.58. The van der Waals surface area contributed by atoms with E-state index in [2.05, 4.69) is 41.2 Å². The van der Waals surface area contributed by atoms with Crippen molar-refractivity contribution in [3.05, 3.63) is 64.8 Å². The molecule has 0 saturated carbocycles. The lowest BCUT2D eigenvalue weighted by molar-refractivity contribution is 0.657. The van der Waals surface area contributed by atoms with E-state index in [1.165, 1.54) is 16.5 Å². The number of halogens is 1. The van der Waals surface area contributed by atoms with Gasteiger partial charge in [-0.05, 0) is 30.3 Å².